The highest BCUT2D eigenvalue weighted by Gasteiger charge is 2.33. The molecular weight excluding hydrogens is 254 g/mol. The van der Waals surface area contributed by atoms with Crippen molar-refractivity contribution in [3.05, 3.63) is 0 Å². The molecule has 1 amide bonds. The molecule has 2 fully saturated rings. The lowest BCUT2D eigenvalue weighted by Gasteiger charge is -2.26. The lowest BCUT2D eigenvalue weighted by Crippen LogP contribution is -2.31. The number of carbonyl (C=O) groups excluding carboxylic acids is 1. The Morgan fingerprint density at radius 1 is 1.47 bits per heavy atom. The summed E-state index contributed by atoms with van der Waals surface area (Å²) >= 11 is 3.42. The zero-order valence-corrected chi connectivity index (χ0v) is 11.1. The Labute approximate surface area is 101 Å². The number of hydrogen-bond acceptors (Lipinski definition) is 1. The fourth-order valence-electron chi connectivity index (χ4n) is 2.81. The first-order valence-corrected chi connectivity index (χ1v) is 6.95. The monoisotopic (exact) mass is 273 g/mol. The molecule has 0 bridgehead atoms. The molecule has 1 aliphatic carbocycles. The van der Waals surface area contributed by atoms with E-state index in [1.165, 1.54) is 32.1 Å². The second-order valence-electron chi connectivity index (χ2n) is 5.35. The van der Waals surface area contributed by atoms with E-state index in [4.69, 9.17) is 0 Å². The highest BCUT2D eigenvalue weighted by molar-refractivity contribution is 9.10. The van der Waals surface area contributed by atoms with Crippen LogP contribution in [0.15, 0.2) is 0 Å². The van der Waals surface area contributed by atoms with E-state index < -0.39 is 0 Å². The van der Waals surface area contributed by atoms with Crippen molar-refractivity contribution in [3.63, 3.8) is 0 Å². The number of amides is 1. The fraction of sp³-hybridized carbons (Fsp3) is 0.917. The van der Waals surface area contributed by atoms with Gasteiger partial charge in [0.2, 0.25) is 5.91 Å². The van der Waals surface area contributed by atoms with E-state index in [1.54, 1.807) is 0 Å². The molecule has 2 aliphatic rings. The molecule has 86 valence electrons. The molecule has 3 heteroatoms. The molecule has 0 radical (unpaired) electrons. The Hall–Kier alpha value is -0.0500. The van der Waals surface area contributed by atoms with Crippen LogP contribution in [0.2, 0.25) is 0 Å². The molecule has 1 heterocycles. The number of likely N-dealkylation sites (tertiary alicyclic amines) is 1. The van der Waals surface area contributed by atoms with Crippen LogP contribution in [-0.4, -0.2) is 28.7 Å². The van der Waals surface area contributed by atoms with Gasteiger partial charge < -0.3 is 4.90 Å². The quantitative estimate of drug-likeness (QED) is 0.724. The van der Waals surface area contributed by atoms with Crippen LogP contribution in [0.25, 0.3) is 0 Å². The van der Waals surface area contributed by atoms with Gasteiger partial charge in [0.05, 0.1) is 4.83 Å². The van der Waals surface area contributed by atoms with Crippen molar-refractivity contribution in [1.29, 1.82) is 0 Å². The van der Waals surface area contributed by atoms with E-state index in [-0.39, 0.29) is 4.83 Å². The average molecular weight is 274 g/mol. The highest BCUT2D eigenvalue weighted by atomic mass is 79.9. The molecule has 1 atom stereocenters. The minimum absolute atomic E-state index is 0.0916. The standard InChI is InChI=1S/C12H20BrNO/c1-12(5-2-3-6-12)7-9-14-8-4-10(13)11(14)15/h10H,2-9H2,1H3. The van der Waals surface area contributed by atoms with Gasteiger partial charge in [0.15, 0.2) is 0 Å². The van der Waals surface area contributed by atoms with Crippen molar-refractivity contribution < 1.29 is 4.79 Å². The van der Waals surface area contributed by atoms with E-state index in [0.717, 1.165) is 19.5 Å². The van der Waals surface area contributed by atoms with E-state index in [0.29, 0.717) is 11.3 Å². The lowest BCUT2D eigenvalue weighted by atomic mass is 9.85. The second kappa shape index (κ2) is 4.44. The molecule has 2 nitrogen and oxygen atoms in total. The van der Waals surface area contributed by atoms with Gasteiger partial charge in [-0.1, -0.05) is 35.7 Å². The Morgan fingerprint density at radius 3 is 2.67 bits per heavy atom. The molecule has 0 N–H and O–H groups in total. The predicted octanol–water partition coefficient (Wildman–Crippen LogP) is 2.95. The van der Waals surface area contributed by atoms with Crippen LogP contribution in [-0.2, 0) is 4.79 Å². The topological polar surface area (TPSA) is 20.3 Å². The third kappa shape index (κ3) is 2.55. The second-order valence-corrected chi connectivity index (χ2v) is 6.45. The summed E-state index contributed by atoms with van der Waals surface area (Å²) in [6, 6.07) is 0. The number of halogens is 1. The molecule has 0 aromatic heterocycles. The highest BCUT2D eigenvalue weighted by Crippen LogP contribution is 2.40. The van der Waals surface area contributed by atoms with Gasteiger partial charge in [-0.25, -0.2) is 0 Å². The first kappa shape index (κ1) is 11.4. The molecule has 0 spiro atoms. The van der Waals surface area contributed by atoms with Crippen molar-refractivity contribution in [2.75, 3.05) is 13.1 Å². The molecule has 0 aromatic rings. The zero-order valence-electron chi connectivity index (χ0n) is 9.47. The third-order valence-electron chi connectivity index (χ3n) is 4.03. The van der Waals surface area contributed by atoms with Gasteiger partial charge in [-0.05, 0) is 31.1 Å². The molecule has 15 heavy (non-hydrogen) atoms. The van der Waals surface area contributed by atoms with Crippen LogP contribution < -0.4 is 0 Å². The normalized spacial score (nSPS) is 30.1. The first-order chi connectivity index (χ1) is 7.11. The van der Waals surface area contributed by atoms with Gasteiger partial charge in [0, 0.05) is 13.1 Å². The first-order valence-electron chi connectivity index (χ1n) is 6.04. The summed E-state index contributed by atoms with van der Waals surface area (Å²) in [6.45, 7) is 4.30. The molecule has 0 aromatic carbocycles. The zero-order chi connectivity index (χ0) is 10.9. The largest absolute Gasteiger partial charge is 0.342 e. The number of nitrogens with zero attached hydrogens (tertiary/aromatic N) is 1. The Balaban J connectivity index is 1.80. The number of alkyl halides is 1. The number of hydrogen-bond donors (Lipinski definition) is 0. The van der Waals surface area contributed by atoms with Crippen molar-refractivity contribution >= 4 is 21.8 Å². The molecule has 1 saturated heterocycles. The van der Waals surface area contributed by atoms with Gasteiger partial charge in [-0.3, -0.25) is 4.79 Å². The lowest BCUT2D eigenvalue weighted by molar-refractivity contribution is -0.127. The van der Waals surface area contributed by atoms with Crippen LogP contribution in [0.5, 0.6) is 0 Å². The number of rotatable bonds is 3. The van der Waals surface area contributed by atoms with Crippen molar-refractivity contribution in [3.8, 4) is 0 Å². The van der Waals surface area contributed by atoms with E-state index in [2.05, 4.69) is 22.9 Å². The SMILES string of the molecule is CC1(CCN2CCC(Br)C2=O)CCCC1. The molecule has 1 unspecified atom stereocenters. The summed E-state index contributed by atoms with van der Waals surface area (Å²) in [7, 11) is 0. The maximum Gasteiger partial charge on any atom is 0.236 e. The van der Waals surface area contributed by atoms with E-state index in [9.17, 15) is 4.79 Å². The van der Waals surface area contributed by atoms with Gasteiger partial charge >= 0.3 is 0 Å². The summed E-state index contributed by atoms with van der Waals surface area (Å²) in [5.41, 5.74) is 0.519. The van der Waals surface area contributed by atoms with Gasteiger partial charge in [0.25, 0.3) is 0 Å². The van der Waals surface area contributed by atoms with Crippen molar-refractivity contribution in [2.45, 2.75) is 50.3 Å². The summed E-state index contributed by atoms with van der Waals surface area (Å²) in [5, 5.41) is 0. The molecular formula is C12H20BrNO. The summed E-state index contributed by atoms with van der Waals surface area (Å²) < 4.78 is 0. The van der Waals surface area contributed by atoms with Crippen LogP contribution in [0.4, 0.5) is 0 Å². The van der Waals surface area contributed by atoms with Gasteiger partial charge in [0.1, 0.15) is 0 Å². The number of carbonyl (C=O) groups is 1. The summed E-state index contributed by atoms with van der Waals surface area (Å²) in [4.78, 5) is 13.8. The van der Waals surface area contributed by atoms with Crippen molar-refractivity contribution in [2.24, 2.45) is 5.41 Å². The van der Waals surface area contributed by atoms with E-state index in [1.807, 2.05) is 4.90 Å². The average Bonchev–Trinajstić information content (AvgIpc) is 2.75. The summed E-state index contributed by atoms with van der Waals surface area (Å²) in [5.74, 6) is 0.302. The van der Waals surface area contributed by atoms with Crippen molar-refractivity contribution in [1.82, 2.24) is 4.90 Å². The minimum atomic E-state index is 0.0916. The van der Waals surface area contributed by atoms with Crippen LogP contribution in [0, 0.1) is 5.41 Å². The maximum atomic E-state index is 11.7. The predicted molar refractivity (Wildman–Crippen MR) is 65.1 cm³/mol. The van der Waals surface area contributed by atoms with Crippen LogP contribution in [0.3, 0.4) is 0 Å². The van der Waals surface area contributed by atoms with Gasteiger partial charge in [-0.15, -0.1) is 0 Å². The Kier molecular flexibility index (Phi) is 3.39. The molecule has 1 saturated carbocycles. The molecule has 2 rings (SSSR count). The Morgan fingerprint density at radius 2 is 2.13 bits per heavy atom. The van der Waals surface area contributed by atoms with Crippen LogP contribution in [0.1, 0.15) is 45.4 Å². The molecule has 1 aliphatic heterocycles. The van der Waals surface area contributed by atoms with Crippen LogP contribution >= 0.6 is 15.9 Å². The maximum absolute atomic E-state index is 11.7. The summed E-state index contributed by atoms with van der Waals surface area (Å²) in [6.07, 6.45) is 7.64. The van der Waals surface area contributed by atoms with E-state index >= 15 is 0 Å². The Bertz CT molecular complexity index is 248. The minimum Gasteiger partial charge on any atom is -0.342 e. The fourth-order valence-corrected chi connectivity index (χ4v) is 3.30. The smallest absolute Gasteiger partial charge is 0.236 e. The van der Waals surface area contributed by atoms with Gasteiger partial charge in [-0.2, -0.15) is 0 Å². The third-order valence-corrected chi connectivity index (χ3v) is 4.88.